The first kappa shape index (κ1) is 15.8. The van der Waals surface area contributed by atoms with Crippen LogP contribution in [0, 0.1) is 6.92 Å². The Morgan fingerprint density at radius 3 is 2.64 bits per heavy atom. The number of thiazole rings is 1. The lowest BCUT2D eigenvalue weighted by Crippen LogP contribution is -2.13. The minimum atomic E-state index is -0.290. The zero-order chi connectivity index (χ0) is 14.7. The molecule has 0 saturated carbocycles. The molecular weight excluding hydrogens is 296 g/mol. The number of carbonyl (C=O) groups is 1. The Balaban J connectivity index is 0.00000176. The standard InChI is InChI=1S/C15H12N4OS.CH4/c1-10-2-4-11(5-3-10)13-8-21-15(18-13)19-14(20)12-6-7-16-9-17-12;/h2-9H,1H3,(H,18,19,20);1H4. The number of aromatic nitrogens is 3. The number of aryl methyl sites for hydroxylation is 1. The lowest BCUT2D eigenvalue weighted by molar-refractivity contribution is 0.102. The maximum atomic E-state index is 12.0. The van der Waals surface area contributed by atoms with Gasteiger partial charge in [-0.05, 0) is 13.0 Å². The van der Waals surface area contributed by atoms with E-state index in [1.807, 2.05) is 36.6 Å². The molecule has 0 atom stereocenters. The first-order valence-corrected chi connectivity index (χ1v) is 7.20. The summed E-state index contributed by atoms with van der Waals surface area (Å²) in [5, 5.41) is 5.21. The molecule has 1 N–H and O–H groups in total. The van der Waals surface area contributed by atoms with Crippen LogP contribution in [0.5, 0.6) is 0 Å². The van der Waals surface area contributed by atoms with E-state index in [-0.39, 0.29) is 13.3 Å². The van der Waals surface area contributed by atoms with Crippen LogP contribution in [-0.2, 0) is 0 Å². The van der Waals surface area contributed by atoms with E-state index in [2.05, 4.69) is 20.3 Å². The van der Waals surface area contributed by atoms with E-state index in [1.165, 1.54) is 29.4 Å². The third-order valence-electron chi connectivity index (χ3n) is 2.89. The Kier molecular flexibility index (Phi) is 4.95. The number of hydrogen-bond donors (Lipinski definition) is 1. The molecule has 6 heteroatoms. The summed E-state index contributed by atoms with van der Waals surface area (Å²) in [5.41, 5.74) is 3.39. The van der Waals surface area contributed by atoms with Crippen molar-refractivity contribution in [1.82, 2.24) is 15.0 Å². The van der Waals surface area contributed by atoms with Crippen molar-refractivity contribution in [3.05, 3.63) is 59.5 Å². The molecule has 22 heavy (non-hydrogen) atoms. The Morgan fingerprint density at radius 1 is 1.18 bits per heavy atom. The van der Waals surface area contributed by atoms with Crippen LogP contribution in [0.1, 0.15) is 23.5 Å². The van der Waals surface area contributed by atoms with Crippen molar-refractivity contribution < 1.29 is 4.79 Å². The van der Waals surface area contributed by atoms with E-state index in [4.69, 9.17) is 0 Å². The molecule has 2 aromatic heterocycles. The Labute approximate surface area is 133 Å². The zero-order valence-electron chi connectivity index (χ0n) is 11.3. The van der Waals surface area contributed by atoms with Gasteiger partial charge in [0.05, 0.1) is 5.69 Å². The predicted octanol–water partition coefficient (Wildman–Crippen LogP) is 3.80. The van der Waals surface area contributed by atoms with Gasteiger partial charge in [0.2, 0.25) is 0 Å². The first-order chi connectivity index (χ1) is 10.2. The van der Waals surface area contributed by atoms with Gasteiger partial charge in [0.1, 0.15) is 12.0 Å². The number of amides is 1. The summed E-state index contributed by atoms with van der Waals surface area (Å²) in [6, 6.07) is 9.66. The SMILES string of the molecule is C.Cc1ccc(-c2csc(NC(=O)c3ccncn3)n2)cc1. The molecule has 0 aliphatic carbocycles. The van der Waals surface area contributed by atoms with E-state index >= 15 is 0 Å². The molecule has 0 saturated heterocycles. The molecule has 3 aromatic rings. The second-order valence-electron chi connectivity index (χ2n) is 4.45. The molecule has 1 aromatic carbocycles. The summed E-state index contributed by atoms with van der Waals surface area (Å²) in [5.74, 6) is -0.290. The van der Waals surface area contributed by atoms with Gasteiger partial charge in [-0.15, -0.1) is 11.3 Å². The third-order valence-corrected chi connectivity index (χ3v) is 3.64. The highest BCUT2D eigenvalue weighted by atomic mass is 32.1. The van der Waals surface area contributed by atoms with Gasteiger partial charge >= 0.3 is 0 Å². The number of carbonyl (C=O) groups excluding carboxylic acids is 1. The summed E-state index contributed by atoms with van der Waals surface area (Å²) in [4.78, 5) is 24.1. The number of nitrogens with zero attached hydrogens (tertiary/aromatic N) is 3. The van der Waals surface area contributed by atoms with Gasteiger partial charge in [-0.25, -0.2) is 15.0 Å². The highest BCUT2D eigenvalue weighted by molar-refractivity contribution is 7.14. The highest BCUT2D eigenvalue weighted by Crippen LogP contribution is 2.25. The maximum Gasteiger partial charge on any atom is 0.276 e. The van der Waals surface area contributed by atoms with Crippen LogP contribution >= 0.6 is 11.3 Å². The Hall–Kier alpha value is -2.60. The quantitative estimate of drug-likeness (QED) is 0.799. The number of rotatable bonds is 3. The normalized spacial score (nSPS) is 9.86. The van der Waals surface area contributed by atoms with Crippen LogP contribution in [-0.4, -0.2) is 20.9 Å². The number of anilines is 1. The minimum absolute atomic E-state index is 0. The van der Waals surface area contributed by atoms with Crippen molar-refractivity contribution in [2.24, 2.45) is 0 Å². The molecule has 1 amide bonds. The summed E-state index contributed by atoms with van der Waals surface area (Å²) in [7, 11) is 0. The minimum Gasteiger partial charge on any atom is -0.296 e. The molecule has 0 radical (unpaired) electrons. The van der Waals surface area contributed by atoms with Crippen LogP contribution in [0.25, 0.3) is 11.3 Å². The molecule has 2 heterocycles. The second kappa shape index (κ2) is 6.91. The van der Waals surface area contributed by atoms with E-state index in [0.29, 0.717) is 10.8 Å². The fourth-order valence-corrected chi connectivity index (χ4v) is 2.49. The molecule has 0 spiro atoms. The van der Waals surface area contributed by atoms with Gasteiger partial charge < -0.3 is 0 Å². The van der Waals surface area contributed by atoms with Crippen molar-refractivity contribution >= 4 is 22.4 Å². The second-order valence-corrected chi connectivity index (χ2v) is 5.31. The molecule has 0 unspecified atom stereocenters. The number of nitrogens with one attached hydrogen (secondary N) is 1. The number of benzene rings is 1. The topological polar surface area (TPSA) is 67.8 Å². The zero-order valence-corrected chi connectivity index (χ0v) is 12.1. The largest absolute Gasteiger partial charge is 0.296 e. The molecule has 5 nitrogen and oxygen atoms in total. The van der Waals surface area contributed by atoms with Crippen LogP contribution in [0.2, 0.25) is 0 Å². The molecule has 0 bridgehead atoms. The van der Waals surface area contributed by atoms with Crippen LogP contribution in [0.15, 0.2) is 48.2 Å². The van der Waals surface area contributed by atoms with Crippen molar-refractivity contribution in [2.45, 2.75) is 14.4 Å². The summed E-state index contributed by atoms with van der Waals surface area (Å²) in [6.07, 6.45) is 2.87. The van der Waals surface area contributed by atoms with Crippen molar-refractivity contribution in [3.63, 3.8) is 0 Å². The molecule has 112 valence electrons. The van der Waals surface area contributed by atoms with E-state index in [9.17, 15) is 4.79 Å². The van der Waals surface area contributed by atoms with E-state index in [0.717, 1.165) is 11.3 Å². The molecule has 0 aliphatic heterocycles. The lowest BCUT2D eigenvalue weighted by atomic mass is 10.1. The van der Waals surface area contributed by atoms with Gasteiger partial charge in [0, 0.05) is 17.1 Å². The van der Waals surface area contributed by atoms with Crippen molar-refractivity contribution in [3.8, 4) is 11.3 Å². The summed E-state index contributed by atoms with van der Waals surface area (Å²) in [6.45, 7) is 2.04. The smallest absolute Gasteiger partial charge is 0.276 e. The van der Waals surface area contributed by atoms with Crippen LogP contribution in [0.3, 0.4) is 0 Å². The van der Waals surface area contributed by atoms with E-state index in [1.54, 1.807) is 6.07 Å². The molecule has 0 aliphatic rings. The van der Waals surface area contributed by atoms with Gasteiger partial charge in [0.25, 0.3) is 5.91 Å². The van der Waals surface area contributed by atoms with Crippen LogP contribution in [0.4, 0.5) is 5.13 Å². The maximum absolute atomic E-state index is 12.0. The van der Waals surface area contributed by atoms with Gasteiger partial charge in [-0.1, -0.05) is 37.3 Å². The van der Waals surface area contributed by atoms with Crippen molar-refractivity contribution in [2.75, 3.05) is 5.32 Å². The first-order valence-electron chi connectivity index (χ1n) is 6.32. The molecular formula is C16H16N4OS. The Bertz CT molecular complexity index is 753. The van der Waals surface area contributed by atoms with Gasteiger partial charge in [-0.2, -0.15) is 0 Å². The van der Waals surface area contributed by atoms with Crippen molar-refractivity contribution in [1.29, 1.82) is 0 Å². The van der Waals surface area contributed by atoms with Gasteiger partial charge in [-0.3, -0.25) is 10.1 Å². The predicted molar refractivity (Wildman–Crippen MR) is 89.0 cm³/mol. The third kappa shape index (κ3) is 3.53. The summed E-state index contributed by atoms with van der Waals surface area (Å²) < 4.78 is 0. The fourth-order valence-electron chi connectivity index (χ4n) is 1.77. The monoisotopic (exact) mass is 312 g/mol. The van der Waals surface area contributed by atoms with E-state index < -0.39 is 0 Å². The molecule has 3 rings (SSSR count). The Morgan fingerprint density at radius 2 is 1.95 bits per heavy atom. The van der Waals surface area contributed by atoms with Crippen LogP contribution < -0.4 is 5.32 Å². The average Bonchev–Trinajstić information content (AvgIpc) is 2.97. The summed E-state index contributed by atoms with van der Waals surface area (Å²) >= 11 is 1.39. The fraction of sp³-hybridized carbons (Fsp3) is 0.125. The van der Waals surface area contributed by atoms with Gasteiger partial charge in [0.15, 0.2) is 5.13 Å². The lowest BCUT2D eigenvalue weighted by Gasteiger charge is -2.00. The highest BCUT2D eigenvalue weighted by Gasteiger charge is 2.10. The number of hydrogen-bond acceptors (Lipinski definition) is 5. The average molecular weight is 312 g/mol. The molecule has 0 fully saturated rings.